The molecular weight excluding hydrogens is 316 g/mol. The summed E-state index contributed by atoms with van der Waals surface area (Å²) < 4.78 is 7.26. The molecule has 1 aliphatic heterocycles. The summed E-state index contributed by atoms with van der Waals surface area (Å²) in [5.74, 6) is 1.60. The van der Waals surface area contributed by atoms with E-state index >= 15 is 0 Å². The third-order valence-electron chi connectivity index (χ3n) is 5.02. The first kappa shape index (κ1) is 15.9. The molecule has 6 nitrogen and oxygen atoms in total. The number of hydrogen-bond acceptors (Lipinski definition) is 4. The lowest BCUT2D eigenvalue weighted by Gasteiger charge is -2.30. The molecule has 1 amide bonds. The molecule has 0 aromatic carbocycles. The highest BCUT2D eigenvalue weighted by molar-refractivity contribution is 5.93. The second-order valence-corrected chi connectivity index (χ2v) is 6.84. The largest absolute Gasteiger partial charge is 0.464 e. The van der Waals surface area contributed by atoms with Crippen LogP contribution < -0.4 is 0 Å². The summed E-state index contributed by atoms with van der Waals surface area (Å²) >= 11 is 0. The molecule has 0 bridgehead atoms. The molecule has 0 N–H and O–H groups in total. The summed E-state index contributed by atoms with van der Waals surface area (Å²) in [6.45, 7) is 6.09. The summed E-state index contributed by atoms with van der Waals surface area (Å²) in [5.41, 5.74) is 2.54. The molecule has 0 aliphatic carbocycles. The van der Waals surface area contributed by atoms with Crippen molar-refractivity contribution < 1.29 is 9.21 Å². The van der Waals surface area contributed by atoms with Crippen LogP contribution in [0.15, 0.2) is 35.1 Å². The zero-order valence-electron chi connectivity index (χ0n) is 14.6. The molecule has 3 aromatic rings. The van der Waals surface area contributed by atoms with Crippen LogP contribution in [0, 0.1) is 12.8 Å². The maximum Gasteiger partial charge on any atom is 0.244 e. The fourth-order valence-corrected chi connectivity index (χ4v) is 3.52. The van der Waals surface area contributed by atoms with Gasteiger partial charge in [-0.25, -0.2) is 9.67 Å². The standard InChI is InChI=1S/C19H22N4O2/c1-13-6-9-22(10-7-13)17(24)12-23-19-18(14(2)21-23)15(5-8-20-19)16-4-3-11-25-16/h3-5,8,11,13H,6-7,9-10,12H2,1-2H3. The number of hydrogen-bond donors (Lipinski definition) is 0. The van der Waals surface area contributed by atoms with Gasteiger partial charge in [-0.15, -0.1) is 0 Å². The lowest BCUT2D eigenvalue weighted by Crippen LogP contribution is -2.39. The molecule has 4 heterocycles. The highest BCUT2D eigenvalue weighted by Gasteiger charge is 2.22. The van der Waals surface area contributed by atoms with Gasteiger partial charge in [0, 0.05) is 24.8 Å². The average molecular weight is 338 g/mol. The van der Waals surface area contributed by atoms with Gasteiger partial charge in [0.1, 0.15) is 12.3 Å². The van der Waals surface area contributed by atoms with Crippen LogP contribution in [0.4, 0.5) is 0 Å². The molecule has 130 valence electrons. The van der Waals surface area contributed by atoms with E-state index in [1.165, 1.54) is 0 Å². The van der Waals surface area contributed by atoms with Gasteiger partial charge >= 0.3 is 0 Å². The van der Waals surface area contributed by atoms with Crippen molar-refractivity contribution >= 4 is 16.9 Å². The lowest BCUT2D eigenvalue weighted by atomic mass is 9.99. The summed E-state index contributed by atoms with van der Waals surface area (Å²) in [6, 6.07) is 5.71. The zero-order chi connectivity index (χ0) is 17.4. The molecule has 1 fully saturated rings. The van der Waals surface area contributed by atoms with E-state index in [9.17, 15) is 4.79 Å². The van der Waals surface area contributed by atoms with Crippen LogP contribution >= 0.6 is 0 Å². The Morgan fingerprint density at radius 2 is 2.12 bits per heavy atom. The van der Waals surface area contributed by atoms with E-state index in [2.05, 4.69) is 17.0 Å². The van der Waals surface area contributed by atoms with Crippen LogP contribution in [0.25, 0.3) is 22.4 Å². The van der Waals surface area contributed by atoms with Crippen molar-refractivity contribution in [2.45, 2.75) is 33.2 Å². The van der Waals surface area contributed by atoms with E-state index < -0.39 is 0 Å². The predicted octanol–water partition coefficient (Wildman–Crippen LogP) is 3.26. The van der Waals surface area contributed by atoms with Crippen LogP contribution in [-0.4, -0.2) is 38.7 Å². The summed E-state index contributed by atoms with van der Waals surface area (Å²) in [5, 5.41) is 5.52. The second kappa shape index (κ2) is 6.35. The van der Waals surface area contributed by atoms with Crippen molar-refractivity contribution in [1.82, 2.24) is 19.7 Å². The van der Waals surface area contributed by atoms with Gasteiger partial charge in [0.2, 0.25) is 5.91 Å². The van der Waals surface area contributed by atoms with Crippen LogP contribution in [0.3, 0.4) is 0 Å². The molecule has 0 atom stereocenters. The first-order valence-corrected chi connectivity index (χ1v) is 8.77. The summed E-state index contributed by atoms with van der Waals surface area (Å²) in [4.78, 5) is 19.1. The maximum absolute atomic E-state index is 12.7. The molecule has 25 heavy (non-hydrogen) atoms. The zero-order valence-corrected chi connectivity index (χ0v) is 14.6. The highest BCUT2D eigenvalue weighted by atomic mass is 16.3. The van der Waals surface area contributed by atoms with Crippen molar-refractivity contribution in [1.29, 1.82) is 0 Å². The number of piperidine rings is 1. The van der Waals surface area contributed by atoms with E-state index in [0.717, 1.165) is 54.0 Å². The number of aryl methyl sites for hydroxylation is 1. The number of furan rings is 1. The molecule has 4 rings (SSSR count). The quantitative estimate of drug-likeness (QED) is 0.735. The van der Waals surface area contributed by atoms with Gasteiger partial charge in [-0.3, -0.25) is 4.79 Å². The number of nitrogens with zero attached hydrogens (tertiary/aromatic N) is 4. The van der Waals surface area contributed by atoms with Gasteiger partial charge in [0.15, 0.2) is 5.65 Å². The fourth-order valence-electron chi connectivity index (χ4n) is 3.52. The Hall–Kier alpha value is -2.63. The van der Waals surface area contributed by atoms with E-state index in [0.29, 0.717) is 5.92 Å². The number of fused-ring (bicyclic) bond motifs is 1. The topological polar surface area (TPSA) is 64.2 Å². The van der Waals surface area contributed by atoms with Gasteiger partial charge in [0.25, 0.3) is 0 Å². The van der Waals surface area contributed by atoms with E-state index in [1.54, 1.807) is 17.1 Å². The molecule has 1 aliphatic rings. The van der Waals surface area contributed by atoms with E-state index in [4.69, 9.17) is 4.42 Å². The lowest BCUT2D eigenvalue weighted by molar-refractivity contribution is -0.133. The minimum Gasteiger partial charge on any atom is -0.464 e. The number of aromatic nitrogens is 3. The third-order valence-corrected chi connectivity index (χ3v) is 5.02. The smallest absolute Gasteiger partial charge is 0.244 e. The van der Waals surface area contributed by atoms with Gasteiger partial charge in [0.05, 0.1) is 17.3 Å². The Bertz CT molecular complexity index is 890. The monoisotopic (exact) mass is 338 g/mol. The van der Waals surface area contributed by atoms with Crippen LogP contribution in [0.2, 0.25) is 0 Å². The van der Waals surface area contributed by atoms with Crippen molar-refractivity contribution in [2.24, 2.45) is 5.92 Å². The highest BCUT2D eigenvalue weighted by Crippen LogP contribution is 2.30. The van der Waals surface area contributed by atoms with E-state index in [-0.39, 0.29) is 12.5 Å². The second-order valence-electron chi connectivity index (χ2n) is 6.84. The predicted molar refractivity (Wildman–Crippen MR) is 94.9 cm³/mol. The van der Waals surface area contributed by atoms with Crippen LogP contribution in [0.1, 0.15) is 25.5 Å². The molecular formula is C19H22N4O2. The van der Waals surface area contributed by atoms with Crippen molar-refractivity contribution in [3.63, 3.8) is 0 Å². The van der Waals surface area contributed by atoms with Gasteiger partial charge < -0.3 is 9.32 Å². The maximum atomic E-state index is 12.7. The number of carbonyl (C=O) groups excluding carboxylic acids is 1. The van der Waals surface area contributed by atoms with Crippen LogP contribution in [0.5, 0.6) is 0 Å². The summed E-state index contributed by atoms with van der Waals surface area (Å²) in [6.07, 6.45) is 5.55. The Morgan fingerprint density at radius 1 is 1.32 bits per heavy atom. The first-order valence-electron chi connectivity index (χ1n) is 8.77. The Morgan fingerprint density at radius 3 is 2.84 bits per heavy atom. The van der Waals surface area contributed by atoms with Gasteiger partial charge in [-0.2, -0.15) is 5.10 Å². The first-order chi connectivity index (χ1) is 12.1. The number of amides is 1. The van der Waals surface area contributed by atoms with Crippen molar-refractivity contribution in [3.8, 4) is 11.3 Å². The summed E-state index contributed by atoms with van der Waals surface area (Å²) in [7, 11) is 0. The van der Waals surface area contributed by atoms with Gasteiger partial charge in [-0.05, 0) is 43.9 Å². The Kier molecular flexibility index (Phi) is 4.03. The molecule has 0 unspecified atom stereocenters. The SMILES string of the molecule is Cc1nn(CC(=O)N2CCC(C)CC2)c2nccc(-c3ccco3)c12. The Labute approximate surface area is 146 Å². The molecule has 3 aromatic heterocycles. The third kappa shape index (κ3) is 2.92. The minimum absolute atomic E-state index is 0.113. The molecule has 0 spiro atoms. The number of carbonyl (C=O) groups is 1. The molecule has 0 radical (unpaired) electrons. The normalized spacial score (nSPS) is 15.8. The van der Waals surface area contributed by atoms with E-state index in [1.807, 2.05) is 30.0 Å². The number of likely N-dealkylation sites (tertiary alicyclic amines) is 1. The van der Waals surface area contributed by atoms with Crippen molar-refractivity contribution in [3.05, 3.63) is 36.4 Å². The van der Waals surface area contributed by atoms with Crippen LogP contribution in [-0.2, 0) is 11.3 Å². The fraction of sp³-hybridized carbons (Fsp3) is 0.421. The Balaban J connectivity index is 1.65. The number of rotatable bonds is 3. The van der Waals surface area contributed by atoms with Gasteiger partial charge in [-0.1, -0.05) is 6.92 Å². The molecule has 1 saturated heterocycles. The van der Waals surface area contributed by atoms with Crippen molar-refractivity contribution in [2.75, 3.05) is 13.1 Å². The molecule has 6 heteroatoms. The number of pyridine rings is 1. The molecule has 0 saturated carbocycles. The minimum atomic E-state index is 0.113. The average Bonchev–Trinajstić information content (AvgIpc) is 3.25.